The molecule has 0 unspecified atom stereocenters. The van der Waals surface area contributed by atoms with Gasteiger partial charge in [0.1, 0.15) is 5.82 Å². The third-order valence-corrected chi connectivity index (χ3v) is 2.28. The van der Waals surface area contributed by atoms with Crippen LogP contribution in [0.4, 0.5) is 10.1 Å². The number of hydrogen-bond donors (Lipinski definition) is 2. The van der Waals surface area contributed by atoms with Crippen LogP contribution < -0.4 is 11.1 Å². The molecule has 3 N–H and O–H groups in total. The van der Waals surface area contributed by atoms with E-state index in [-0.39, 0.29) is 10.9 Å². The second-order valence-electron chi connectivity index (χ2n) is 3.54. The van der Waals surface area contributed by atoms with Gasteiger partial charge in [-0.25, -0.2) is 4.39 Å². The van der Waals surface area contributed by atoms with E-state index in [9.17, 15) is 9.18 Å². The van der Waals surface area contributed by atoms with Crippen molar-refractivity contribution >= 4 is 23.2 Å². The van der Waals surface area contributed by atoms with E-state index in [4.69, 9.17) is 17.3 Å². The van der Waals surface area contributed by atoms with E-state index in [0.717, 1.165) is 6.42 Å². The zero-order valence-corrected chi connectivity index (χ0v) is 9.72. The highest BCUT2D eigenvalue weighted by atomic mass is 35.5. The van der Waals surface area contributed by atoms with Crippen molar-refractivity contribution in [3.8, 4) is 0 Å². The van der Waals surface area contributed by atoms with Crippen LogP contribution in [0.5, 0.6) is 0 Å². The fourth-order valence-corrected chi connectivity index (χ4v) is 1.52. The lowest BCUT2D eigenvalue weighted by Crippen LogP contribution is -2.35. The second kappa shape index (κ2) is 5.82. The van der Waals surface area contributed by atoms with Gasteiger partial charge in [0.05, 0.1) is 6.04 Å². The molecular weight excluding hydrogens is 231 g/mol. The molecule has 1 aromatic rings. The van der Waals surface area contributed by atoms with Crippen molar-refractivity contribution in [3.63, 3.8) is 0 Å². The van der Waals surface area contributed by atoms with Gasteiger partial charge >= 0.3 is 0 Å². The zero-order valence-electron chi connectivity index (χ0n) is 8.97. The molecule has 0 heterocycles. The number of anilines is 1. The average Bonchev–Trinajstić information content (AvgIpc) is 2.16. The molecule has 0 aliphatic carbocycles. The Morgan fingerprint density at radius 3 is 2.81 bits per heavy atom. The van der Waals surface area contributed by atoms with E-state index in [0.29, 0.717) is 12.1 Å². The Labute approximate surface area is 98.8 Å². The third kappa shape index (κ3) is 3.79. The van der Waals surface area contributed by atoms with Gasteiger partial charge in [0.25, 0.3) is 0 Å². The van der Waals surface area contributed by atoms with Gasteiger partial charge < -0.3 is 11.1 Å². The Morgan fingerprint density at radius 1 is 1.56 bits per heavy atom. The van der Waals surface area contributed by atoms with Crippen LogP contribution in [0, 0.1) is 5.82 Å². The summed E-state index contributed by atoms with van der Waals surface area (Å²) in [5.41, 5.74) is 5.93. The fourth-order valence-electron chi connectivity index (χ4n) is 1.30. The van der Waals surface area contributed by atoms with Gasteiger partial charge in [-0.2, -0.15) is 0 Å². The third-order valence-electron chi connectivity index (χ3n) is 2.07. The van der Waals surface area contributed by atoms with Crippen LogP contribution in [-0.2, 0) is 4.79 Å². The lowest BCUT2D eigenvalue weighted by molar-refractivity contribution is -0.117. The Hall–Kier alpha value is -1.13. The number of nitrogens with one attached hydrogen (secondary N) is 1. The van der Waals surface area contributed by atoms with E-state index < -0.39 is 11.9 Å². The van der Waals surface area contributed by atoms with Crippen molar-refractivity contribution in [2.45, 2.75) is 25.8 Å². The van der Waals surface area contributed by atoms with Crippen molar-refractivity contribution < 1.29 is 9.18 Å². The number of carbonyl (C=O) groups is 1. The quantitative estimate of drug-likeness (QED) is 0.855. The summed E-state index contributed by atoms with van der Waals surface area (Å²) in [5, 5.41) is 2.76. The molecule has 0 saturated carbocycles. The summed E-state index contributed by atoms with van der Waals surface area (Å²) < 4.78 is 13.0. The largest absolute Gasteiger partial charge is 0.325 e. The summed E-state index contributed by atoms with van der Waals surface area (Å²) in [7, 11) is 0. The summed E-state index contributed by atoms with van der Waals surface area (Å²) in [4.78, 5) is 11.5. The lowest BCUT2D eigenvalue weighted by atomic mass is 10.1. The van der Waals surface area contributed by atoms with Crippen LogP contribution in [0.15, 0.2) is 18.2 Å². The van der Waals surface area contributed by atoms with Gasteiger partial charge in [0.2, 0.25) is 5.91 Å². The molecule has 5 heteroatoms. The van der Waals surface area contributed by atoms with E-state index in [1.807, 2.05) is 6.92 Å². The first-order valence-corrected chi connectivity index (χ1v) is 5.43. The molecule has 0 saturated heterocycles. The molecule has 0 aliphatic heterocycles. The van der Waals surface area contributed by atoms with Crippen molar-refractivity contribution in [3.05, 3.63) is 29.0 Å². The van der Waals surface area contributed by atoms with Gasteiger partial charge in [-0.05, 0) is 24.6 Å². The lowest BCUT2D eigenvalue weighted by Gasteiger charge is -2.11. The molecule has 3 nitrogen and oxygen atoms in total. The van der Waals surface area contributed by atoms with Crippen LogP contribution in [0.3, 0.4) is 0 Å². The first-order chi connectivity index (χ1) is 7.52. The molecule has 16 heavy (non-hydrogen) atoms. The van der Waals surface area contributed by atoms with Crippen LogP contribution in [0.2, 0.25) is 5.02 Å². The van der Waals surface area contributed by atoms with E-state index in [2.05, 4.69) is 5.32 Å². The first kappa shape index (κ1) is 12.9. The van der Waals surface area contributed by atoms with Crippen LogP contribution >= 0.6 is 11.6 Å². The Balaban J connectivity index is 2.69. The maximum Gasteiger partial charge on any atom is 0.241 e. The molecule has 1 aromatic carbocycles. The topological polar surface area (TPSA) is 55.1 Å². The smallest absolute Gasteiger partial charge is 0.241 e. The maximum absolute atomic E-state index is 13.0. The van der Waals surface area contributed by atoms with Gasteiger partial charge in [-0.1, -0.05) is 24.9 Å². The van der Waals surface area contributed by atoms with E-state index in [1.165, 1.54) is 18.2 Å². The SMILES string of the molecule is CCC[C@@H](N)C(=O)Nc1cc(F)cc(Cl)c1. The second-order valence-corrected chi connectivity index (χ2v) is 3.98. The van der Waals surface area contributed by atoms with Crippen molar-refractivity contribution in [1.82, 2.24) is 0 Å². The molecule has 1 amide bonds. The number of benzene rings is 1. The molecule has 0 aliphatic rings. The summed E-state index contributed by atoms with van der Waals surface area (Å²) in [6, 6.07) is 3.26. The van der Waals surface area contributed by atoms with Crippen molar-refractivity contribution in [1.29, 1.82) is 0 Å². The number of amides is 1. The van der Waals surface area contributed by atoms with E-state index in [1.54, 1.807) is 0 Å². The molecule has 88 valence electrons. The molecule has 0 radical (unpaired) electrons. The number of carbonyl (C=O) groups excluding carboxylic acids is 1. The number of rotatable bonds is 4. The van der Waals surface area contributed by atoms with E-state index >= 15 is 0 Å². The molecule has 0 aromatic heterocycles. The first-order valence-electron chi connectivity index (χ1n) is 5.05. The Kier molecular flexibility index (Phi) is 4.71. The zero-order chi connectivity index (χ0) is 12.1. The molecule has 1 atom stereocenters. The van der Waals surface area contributed by atoms with Crippen LogP contribution in [-0.4, -0.2) is 11.9 Å². The van der Waals surface area contributed by atoms with Gasteiger partial charge in [-0.3, -0.25) is 4.79 Å². The highest BCUT2D eigenvalue weighted by Gasteiger charge is 2.12. The van der Waals surface area contributed by atoms with Crippen molar-refractivity contribution in [2.24, 2.45) is 5.73 Å². The predicted molar refractivity (Wildman–Crippen MR) is 62.9 cm³/mol. The Bertz CT molecular complexity index is 364. The summed E-state index contributed by atoms with van der Waals surface area (Å²) in [6.45, 7) is 1.94. The summed E-state index contributed by atoms with van der Waals surface area (Å²) in [6.07, 6.45) is 1.41. The average molecular weight is 245 g/mol. The van der Waals surface area contributed by atoms with Gasteiger partial charge in [0.15, 0.2) is 0 Å². The highest BCUT2D eigenvalue weighted by molar-refractivity contribution is 6.30. The monoisotopic (exact) mass is 244 g/mol. The number of hydrogen-bond acceptors (Lipinski definition) is 2. The summed E-state index contributed by atoms with van der Waals surface area (Å²) in [5.74, 6) is -0.824. The molecule has 0 fully saturated rings. The van der Waals surface area contributed by atoms with Crippen molar-refractivity contribution in [2.75, 3.05) is 5.32 Å². The molecular formula is C11H14ClFN2O. The predicted octanol–water partition coefficient (Wildman–Crippen LogP) is 2.55. The molecule has 1 rings (SSSR count). The van der Waals surface area contributed by atoms with Gasteiger partial charge in [-0.15, -0.1) is 0 Å². The maximum atomic E-state index is 13.0. The minimum atomic E-state index is -0.577. The summed E-state index contributed by atoms with van der Waals surface area (Å²) >= 11 is 5.65. The minimum absolute atomic E-state index is 0.236. The highest BCUT2D eigenvalue weighted by Crippen LogP contribution is 2.18. The van der Waals surface area contributed by atoms with Gasteiger partial charge in [0, 0.05) is 10.7 Å². The normalized spacial score (nSPS) is 12.2. The minimum Gasteiger partial charge on any atom is -0.325 e. The fraction of sp³-hybridized carbons (Fsp3) is 0.364. The van der Waals surface area contributed by atoms with Crippen LogP contribution in [0.25, 0.3) is 0 Å². The van der Waals surface area contributed by atoms with Crippen LogP contribution in [0.1, 0.15) is 19.8 Å². The number of halogens is 2. The molecule has 0 spiro atoms. The molecule has 0 bridgehead atoms. The standard InChI is InChI=1S/C11H14ClFN2O/c1-2-3-10(14)11(16)15-9-5-7(12)4-8(13)6-9/h4-6,10H,2-3,14H2,1H3,(H,15,16)/t10-/m1/s1. The Morgan fingerprint density at radius 2 is 2.25 bits per heavy atom. The number of nitrogens with two attached hydrogens (primary N) is 1.